The Kier molecular flexibility index (Phi) is 4.73. The van der Waals surface area contributed by atoms with Crippen LogP contribution in [0.15, 0.2) is 18.2 Å². The van der Waals surface area contributed by atoms with Crippen LogP contribution in [0.25, 0.3) is 0 Å². The van der Waals surface area contributed by atoms with Gasteiger partial charge in [0.15, 0.2) is 0 Å². The lowest BCUT2D eigenvalue weighted by atomic mass is 9.99. The summed E-state index contributed by atoms with van der Waals surface area (Å²) in [6.45, 7) is 0.563. The first-order valence-electron chi connectivity index (χ1n) is 6.73. The van der Waals surface area contributed by atoms with Gasteiger partial charge >= 0.3 is 6.18 Å². The molecule has 7 heteroatoms. The number of benzene rings is 1. The SMILES string of the molecule is NC(=S)c1ccc(N2CCCCC2CO)cc1C(F)(F)F. The second-order valence-corrected chi connectivity index (χ2v) is 5.56. The fourth-order valence-corrected chi connectivity index (χ4v) is 2.87. The average molecular weight is 318 g/mol. The Morgan fingerprint density at radius 1 is 1.38 bits per heavy atom. The number of piperidine rings is 1. The van der Waals surface area contributed by atoms with Gasteiger partial charge in [0, 0.05) is 17.8 Å². The van der Waals surface area contributed by atoms with E-state index in [-0.39, 0.29) is 23.2 Å². The molecule has 0 radical (unpaired) electrons. The van der Waals surface area contributed by atoms with Crippen molar-refractivity contribution in [3.05, 3.63) is 29.3 Å². The summed E-state index contributed by atoms with van der Waals surface area (Å²) in [7, 11) is 0. The quantitative estimate of drug-likeness (QED) is 0.841. The van der Waals surface area contributed by atoms with Crippen molar-refractivity contribution in [2.45, 2.75) is 31.5 Å². The third-order valence-electron chi connectivity index (χ3n) is 3.74. The van der Waals surface area contributed by atoms with Crippen molar-refractivity contribution in [3.8, 4) is 0 Å². The second kappa shape index (κ2) is 6.19. The number of aliphatic hydroxyl groups is 1. The van der Waals surface area contributed by atoms with E-state index in [0.717, 1.165) is 25.3 Å². The molecular formula is C14H17F3N2OS. The number of halogens is 3. The van der Waals surface area contributed by atoms with E-state index >= 15 is 0 Å². The topological polar surface area (TPSA) is 49.5 Å². The Hall–Kier alpha value is -1.34. The summed E-state index contributed by atoms with van der Waals surface area (Å²) in [4.78, 5) is 1.55. The van der Waals surface area contributed by atoms with Crippen molar-refractivity contribution < 1.29 is 18.3 Å². The summed E-state index contributed by atoms with van der Waals surface area (Å²) in [6.07, 6.45) is -1.87. The van der Waals surface area contributed by atoms with E-state index in [2.05, 4.69) is 12.2 Å². The van der Waals surface area contributed by atoms with Crippen molar-refractivity contribution in [1.29, 1.82) is 0 Å². The van der Waals surface area contributed by atoms with Crippen LogP contribution < -0.4 is 10.6 Å². The first-order chi connectivity index (χ1) is 9.84. The molecule has 3 N–H and O–H groups in total. The van der Waals surface area contributed by atoms with Gasteiger partial charge in [-0.1, -0.05) is 12.2 Å². The summed E-state index contributed by atoms with van der Waals surface area (Å²) in [6, 6.07) is 3.82. The van der Waals surface area contributed by atoms with Crippen molar-refractivity contribution in [3.63, 3.8) is 0 Å². The minimum Gasteiger partial charge on any atom is -0.394 e. The largest absolute Gasteiger partial charge is 0.417 e. The van der Waals surface area contributed by atoms with E-state index in [1.807, 2.05) is 4.90 Å². The zero-order valence-electron chi connectivity index (χ0n) is 11.4. The Morgan fingerprint density at radius 3 is 2.67 bits per heavy atom. The third-order valence-corrected chi connectivity index (χ3v) is 3.96. The van der Waals surface area contributed by atoms with Crippen LogP contribution in [0, 0.1) is 0 Å². The van der Waals surface area contributed by atoms with Gasteiger partial charge in [0.2, 0.25) is 0 Å². The highest BCUT2D eigenvalue weighted by atomic mass is 32.1. The van der Waals surface area contributed by atoms with Crippen molar-refractivity contribution >= 4 is 22.9 Å². The number of nitrogens with two attached hydrogens (primary N) is 1. The van der Waals surface area contributed by atoms with E-state index in [4.69, 9.17) is 5.73 Å². The number of hydrogen-bond acceptors (Lipinski definition) is 3. The lowest BCUT2D eigenvalue weighted by Gasteiger charge is -2.37. The molecule has 1 heterocycles. The van der Waals surface area contributed by atoms with Gasteiger partial charge < -0.3 is 15.7 Å². The minimum absolute atomic E-state index is 0.0710. The van der Waals surface area contributed by atoms with Crippen molar-refractivity contribution in [2.75, 3.05) is 18.1 Å². The number of hydrogen-bond donors (Lipinski definition) is 2. The fraction of sp³-hybridized carbons (Fsp3) is 0.500. The molecule has 0 saturated carbocycles. The maximum absolute atomic E-state index is 13.2. The standard InChI is InChI=1S/C14H17F3N2OS/c15-14(16,17)12-7-9(4-5-11(12)13(18)21)19-6-2-1-3-10(19)8-20/h4-5,7,10,20H,1-3,6,8H2,(H2,18,21). The zero-order valence-corrected chi connectivity index (χ0v) is 12.2. The highest BCUT2D eigenvalue weighted by Gasteiger charge is 2.35. The molecule has 0 aliphatic carbocycles. The molecule has 3 nitrogen and oxygen atoms in total. The Labute approximate surface area is 126 Å². The predicted molar refractivity (Wildman–Crippen MR) is 79.4 cm³/mol. The molecule has 2 rings (SSSR count). The summed E-state index contributed by atoms with van der Waals surface area (Å²) in [5.74, 6) is 0. The maximum Gasteiger partial charge on any atom is 0.417 e. The number of anilines is 1. The van der Waals surface area contributed by atoms with Gasteiger partial charge in [-0.25, -0.2) is 0 Å². The highest BCUT2D eigenvalue weighted by molar-refractivity contribution is 7.80. The van der Waals surface area contributed by atoms with Gasteiger partial charge in [-0.15, -0.1) is 0 Å². The number of rotatable bonds is 3. The molecule has 116 valence electrons. The van der Waals surface area contributed by atoms with E-state index in [0.29, 0.717) is 12.2 Å². The smallest absolute Gasteiger partial charge is 0.394 e. The highest BCUT2D eigenvalue weighted by Crippen LogP contribution is 2.36. The normalized spacial score (nSPS) is 19.6. The molecule has 0 bridgehead atoms. The molecule has 0 spiro atoms. The van der Waals surface area contributed by atoms with Crippen LogP contribution in [-0.2, 0) is 6.18 Å². The molecule has 1 aliphatic heterocycles. The summed E-state index contributed by atoms with van der Waals surface area (Å²) < 4.78 is 39.5. The maximum atomic E-state index is 13.2. The Bertz CT molecular complexity index is 533. The third kappa shape index (κ3) is 3.47. The lowest BCUT2D eigenvalue weighted by molar-refractivity contribution is -0.137. The number of aliphatic hydroxyl groups excluding tert-OH is 1. The molecule has 1 aliphatic rings. The monoisotopic (exact) mass is 318 g/mol. The van der Waals surface area contributed by atoms with Gasteiger partial charge in [-0.3, -0.25) is 0 Å². The summed E-state index contributed by atoms with van der Waals surface area (Å²) in [5, 5.41) is 9.39. The molecule has 21 heavy (non-hydrogen) atoms. The molecule has 0 amide bonds. The van der Waals surface area contributed by atoms with Gasteiger partial charge in [0.1, 0.15) is 4.99 Å². The van der Waals surface area contributed by atoms with E-state index in [1.54, 1.807) is 6.07 Å². The number of nitrogens with zero attached hydrogens (tertiary/aromatic N) is 1. The molecule has 1 fully saturated rings. The number of thiocarbonyl (C=S) groups is 1. The molecule has 1 saturated heterocycles. The van der Waals surface area contributed by atoms with Gasteiger partial charge in [0.25, 0.3) is 0 Å². The van der Waals surface area contributed by atoms with E-state index in [9.17, 15) is 18.3 Å². The van der Waals surface area contributed by atoms with Gasteiger partial charge in [0.05, 0.1) is 18.2 Å². The first kappa shape index (κ1) is 16.0. The van der Waals surface area contributed by atoms with E-state index < -0.39 is 11.7 Å². The van der Waals surface area contributed by atoms with Gasteiger partial charge in [-0.2, -0.15) is 13.2 Å². The minimum atomic E-state index is -4.51. The summed E-state index contributed by atoms with van der Waals surface area (Å²) >= 11 is 4.69. The van der Waals surface area contributed by atoms with Crippen LogP contribution in [0.5, 0.6) is 0 Å². The fourth-order valence-electron chi connectivity index (χ4n) is 2.69. The molecule has 1 atom stereocenters. The molecule has 1 aromatic rings. The summed E-state index contributed by atoms with van der Waals surface area (Å²) in [5.41, 5.74) is 4.82. The molecule has 0 aromatic heterocycles. The van der Waals surface area contributed by atoms with Crippen LogP contribution in [0.1, 0.15) is 30.4 Å². The number of alkyl halides is 3. The zero-order chi connectivity index (χ0) is 15.6. The second-order valence-electron chi connectivity index (χ2n) is 5.12. The molecule has 1 unspecified atom stereocenters. The van der Waals surface area contributed by atoms with Gasteiger partial charge in [-0.05, 0) is 37.5 Å². The first-order valence-corrected chi connectivity index (χ1v) is 7.14. The van der Waals surface area contributed by atoms with E-state index in [1.165, 1.54) is 6.07 Å². The van der Waals surface area contributed by atoms with Crippen molar-refractivity contribution in [2.24, 2.45) is 5.73 Å². The van der Waals surface area contributed by atoms with Crippen molar-refractivity contribution in [1.82, 2.24) is 0 Å². The van der Waals surface area contributed by atoms with Crippen LogP contribution >= 0.6 is 12.2 Å². The Balaban J connectivity index is 2.44. The van der Waals surface area contributed by atoms with Crippen LogP contribution in [0.2, 0.25) is 0 Å². The Morgan fingerprint density at radius 2 is 2.10 bits per heavy atom. The van der Waals surface area contributed by atoms with Crippen LogP contribution in [0.4, 0.5) is 18.9 Å². The average Bonchev–Trinajstić information content (AvgIpc) is 2.45. The molecular weight excluding hydrogens is 301 g/mol. The lowest BCUT2D eigenvalue weighted by Crippen LogP contribution is -2.42. The predicted octanol–water partition coefficient (Wildman–Crippen LogP) is 2.69. The molecule has 1 aromatic carbocycles. The van der Waals surface area contributed by atoms with Crippen LogP contribution in [0.3, 0.4) is 0 Å². The van der Waals surface area contributed by atoms with Crippen LogP contribution in [-0.4, -0.2) is 29.3 Å².